The molecule has 0 aliphatic rings. The van der Waals surface area contributed by atoms with Gasteiger partial charge in [-0.2, -0.15) is 0 Å². The highest BCUT2D eigenvalue weighted by Gasteiger charge is 1.97. The first-order valence-corrected chi connectivity index (χ1v) is 7.79. The number of hydrogen-bond acceptors (Lipinski definition) is 1. The zero-order valence-corrected chi connectivity index (χ0v) is 13.2. The van der Waals surface area contributed by atoms with Gasteiger partial charge in [0.2, 0.25) is 0 Å². The number of aryl methyl sites for hydroxylation is 2. The summed E-state index contributed by atoms with van der Waals surface area (Å²) in [5, 5.41) is 0. The van der Waals surface area contributed by atoms with Gasteiger partial charge in [-0.3, -0.25) is 0 Å². The van der Waals surface area contributed by atoms with E-state index in [2.05, 4.69) is 31.2 Å². The van der Waals surface area contributed by atoms with Crippen LogP contribution in [0.15, 0.2) is 24.3 Å². The topological polar surface area (TPSA) is 17.1 Å². The number of ketones is 1. The molecule has 0 bridgehead atoms. The second-order valence-corrected chi connectivity index (χ2v) is 4.83. The first-order valence-electron chi connectivity index (χ1n) is 7.79. The van der Waals surface area contributed by atoms with Crippen LogP contribution in [0, 0.1) is 0 Å². The summed E-state index contributed by atoms with van der Waals surface area (Å²) in [7, 11) is 0. The normalized spacial score (nSPS) is 9.68. The molecule has 0 aliphatic carbocycles. The lowest BCUT2D eigenvalue weighted by Crippen LogP contribution is -1.92. The molecule has 0 radical (unpaired) electrons. The van der Waals surface area contributed by atoms with Crippen LogP contribution in [0.5, 0.6) is 0 Å². The average Bonchev–Trinajstić information content (AvgIpc) is 2.44. The van der Waals surface area contributed by atoms with Crippen molar-refractivity contribution in [3.05, 3.63) is 35.4 Å². The van der Waals surface area contributed by atoms with Crippen LogP contribution in [0.1, 0.15) is 70.9 Å². The largest absolute Gasteiger partial charge is 0.300 e. The van der Waals surface area contributed by atoms with Gasteiger partial charge >= 0.3 is 0 Å². The maximum Gasteiger partial charge on any atom is 0.129 e. The van der Waals surface area contributed by atoms with Gasteiger partial charge in [-0.15, -0.1) is 0 Å². The van der Waals surface area contributed by atoms with Crippen molar-refractivity contribution in [1.29, 1.82) is 0 Å². The van der Waals surface area contributed by atoms with Crippen molar-refractivity contribution in [1.82, 2.24) is 0 Å². The quantitative estimate of drug-likeness (QED) is 0.577. The monoisotopic (exact) mass is 262 g/mol. The summed E-state index contributed by atoms with van der Waals surface area (Å²) < 4.78 is 0. The van der Waals surface area contributed by atoms with Crippen LogP contribution in [0.3, 0.4) is 0 Å². The predicted octanol–water partition coefficient (Wildman–Crippen LogP) is 5.36. The number of carbonyl (C=O) groups is 1. The minimum absolute atomic E-state index is 0.305. The van der Waals surface area contributed by atoms with Gasteiger partial charge in [0, 0.05) is 6.42 Å². The average molecular weight is 262 g/mol. The number of rotatable bonds is 8. The number of carbonyl (C=O) groups excluding carboxylic acids is 1. The SMILES string of the molecule is CC.CCCCc1ccc(CCCCC(C)=O)cc1. The van der Waals surface area contributed by atoms with Crippen LogP contribution >= 0.6 is 0 Å². The molecule has 108 valence electrons. The van der Waals surface area contributed by atoms with E-state index in [1.807, 2.05) is 13.8 Å². The van der Waals surface area contributed by atoms with E-state index in [0.717, 1.165) is 25.7 Å². The van der Waals surface area contributed by atoms with Crippen LogP contribution in [0.25, 0.3) is 0 Å². The van der Waals surface area contributed by atoms with Crippen molar-refractivity contribution in [3.8, 4) is 0 Å². The third-order valence-electron chi connectivity index (χ3n) is 3.09. The van der Waals surface area contributed by atoms with E-state index in [1.165, 1.54) is 30.4 Å². The highest BCUT2D eigenvalue weighted by Crippen LogP contribution is 2.11. The summed E-state index contributed by atoms with van der Waals surface area (Å²) in [4.78, 5) is 10.8. The van der Waals surface area contributed by atoms with E-state index in [-0.39, 0.29) is 0 Å². The van der Waals surface area contributed by atoms with Crippen LogP contribution in [-0.4, -0.2) is 5.78 Å². The van der Waals surface area contributed by atoms with Crippen molar-refractivity contribution in [2.75, 3.05) is 0 Å². The molecule has 1 heteroatoms. The van der Waals surface area contributed by atoms with E-state index in [1.54, 1.807) is 6.92 Å². The maximum atomic E-state index is 10.8. The first kappa shape index (κ1) is 17.9. The Hall–Kier alpha value is -1.11. The third-order valence-corrected chi connectivity index (χ3v) is 3.09. The second kappa shape index (κ2) is 12.0. The fourth-order valence-corrected chi connectivity index (χ4v) is 1.96. The van der Waals surface area contributed by atoms with E-state index < -0.39 is 0 Å². The van der Waals surface area contributed by atoms with Crippen molar-refractivity contribution in [3.63, 3.8) is 0 Å². The summed E-state index contributed by atoms with van der Waals surface area (Å²) in [6, 6.07) is 8.96. The fourth-order valence-electron chi connectivity index (χ4n) is 1.96. The van der Waals surface area contributed by atoms with Gasteiger partial charge in [0.05, 0.1) is 0 Å². The van der Waals surface area contributed by atoms with Crippen LogP contribution < -0.4 is 0 Å². The zero-order chi connectivity index (χ0) is 14.5. The van der Waals surface area contributed by atoms with E-state index in [4.69, 9.17) is 0 Å². The van der Waals surface area contributed by atoms with Crippen LogP contribution in [0.2, 0.25) is 0 Å². The molecule has 19 heavy (non-hydrogen) atoms. The Labute approximate surface area is 119 Å². The van der Waals surface area contributed by atoms with E-state index in [0.29, 0.717) is 5.78 Å². The molecule has 0 aliphatic heterocycles. The summed E-state index contributed by atoms with van der Waals surface area (Å²) in [5.74, 6) is 0.305. The maximum absolute atomic E-state index is 10.8. The van der Waals surface area contributed by atoms with Crippen molar-refractivity contribution in [2.45, 2.75) is 72.6 Å². The molecule has 0 unspecified atom stereocenters. The molecule has 0 fully saturated rings. The number of benzene rings is 1. The molecule has 0 amide bonds. The third kappa shape index (κ3) is 9.47. The summed E-state index contributed by atoms with van der Waals surface area (Å²) >= 11 is 0. The highest BCUT2D eigenvalue weighted by atomic mass is 16.1. The van der Waals surface area contributed by atoms with E-state index >= 15 is 0 Å². The first-order chi connectivity index (χ1) is 9.22. The van der Waals surface area contributed by atoms with E-state index in [9.17, 15) is 4.79 Å². The van der Waals surface area contributed by atoms with Crippen molar-refractivity contribution >= 4 is 5.78 Å². The molecule has 0 spiro atoms. The Morgan fingerprint density at radius 3 is 1.79 bits per heavy atom. The van der Waals surface area contributed by atoms with Gasteiger partial charge < -0.3 is 4.79 Å². The van der Waals surface area contributed by atoms with Gasteiger partial charge in [-0.1, -0.05) is 51.5 Å². The smallest absolute Gasteiger partial charge is 0.129 e. The van der Waals surface area contributed by atoms with Crippen LogP contribution in [-0.2, 0) is 17.6 Å². The lowest BCUT2D eigenvalue weighted by molar-refractivity contribution is -0.117. The Morgan fingerprint density at radius 1 is 0.895 bits per heavy atom. The van der Waals surface area contributed by atoms with Gasteiger partial charge in [0.1, 0.15) is 5.78 Å². The Bertz CT molecular complexity index is 324. The Morgan fingerprint density at radius 2 is 1.37 bits per heavy atom. The number of unbranched alkanes of at least 4 members (excludes halogenated alkanes) is 2. The molecule has 0 saturated heterocycles. The summed E-state index contributed by atoms with van der Waals surface area (Å²) in [6.07, 6.45) is 7.70. The lowest BCUT2D eigenvalue weighted by Gasteiger charge is -2.03. The molecular weight excluding hydrogens is 232 g/mol. The number of Topliss-reactive ketones (excluding diaryl/α,β-unsaturated/α-hetero) is 1. The Balaban J connectivity index is 0.00000154. The number of hydrogen-bond donors (Lipinski definition) is 0. The lowest BCUT2D eigenvalue weighted by atomic mass is 10.0. The molecular formula is C18H30O. The Kier molecular flexibility index (Phi) is 11.3. The molecule has 1 aromatic rings. The molecule has 1 nitrogen and oxygen atoms in total. The summed E-state index contributed by atoms with van der Waals surface area (Å²) in [6.45, 7) is 7.89. The van der Waals surface area contributed by atoms with Gasteiger partial charge in [-0.25, -0.2) is 0 Å². The van der Waals surface area contributed by atoms with Gasteiger partial charge in [-0.05, 0) is 50.2 Å². The van der Waals surface area contributed by atoms with Crippen LogP contribution in [0.4, 0.5) is 0 Å². The fraction of sp³-hybridized carbons (Fsp3) is 0.611. The molecule has 1 aromatic carbocycles. The zero-order valence-electron chi connectivity index (χ0n) is 13.2. The molecule has 0 N–H and O–H groups in total. The van der Waals surface area contributed by atoms with Gasteiger partial charge in [0.15, 0.2) is 0 Å². The molecule has 0 heterocycles. The predicted molar refractivity (Wildman–Crippen MR) is 84.6 cm³/mol. The molecule has 0 aromatic heterocycles. The molecule has 0 saturated carbocycles. The molecule has 0 atom stereocenters. The summed E-state index contributed by atoms with van der Waals surface area (Å²) in [5.41, 5.74) is 2.84. The minimum Gasteiger partial charge on any atom is -0.300 e. The second-order valence-electron chi connectivity index (χ2n) is 4.83. The van der Waals surface area contributed by atoms with Gasteiger partial charge in [0.25, 0.3) is 0 Å². The molecule has 1 rings (SSSR count). The van der Waals surface area contributed by atoms with Crippen molar-refractivity contribution in [2.24, 2.45) is 0 Å². The standard InChI is InChI=1S/C16H24O.C2H6/c1-3-4-8-15-10-12-16(13-11-15)9-6-5-7-14(2)17;1-2/h10-13H,3-9H2,1-2H3;1-2H3. The van der Waals surface area contributed by atoms with Crippen molar-refractivity contribution < 1.29 is 4.79 Å². The minimum atomic E-state index is 0.305. The highest BCUT2D eigenvalue weighted by molar-refractivity contribution is 5.75.